The molecule has 0 unspecified atom stereocenters. The lowest BCUT2D eigenvalue weighted by atomic mass is 10.0. The van der Waals surface area contributed by atoms with Crippen LogP contribution in [0.3, 0.4) is 0 Å². The number of likely N-dealkylation sites (N-methyl/N-ethyl adjacent to an activating group) is 1. The molecule has 0 spiro atoms. The molecule has 2 heterocycles. The number of rotatable bonds is 7. The molecule has 3 aromatic rings. The van der Waals surface area contributed by atoms with Gasteiger partial charge in [-0.15, -0.1) is 5.10 Å². The summed E-state index contributed by atoms with van der Waals surface area (Å²) >= 11 is 0. The minimum Gasteiger partial charge on any atom is -0.496 e. The van der Waals surface area contributed by atoms with Gasteiger partial charge in [0.15, 0.2) is 5.65 Å². The zero-order valence-corrected chi connectivity index (χ0v) is 15.6. The Hall–Kier alpha value is -3.13. The quantitative estimate of drug-likeness (QED) is 0.670. The van der Waals surface area contributed by atoms with Crippen molar-refractivity contribution in [1.29, 1.82) is 0 Å². The summed E-state index contributed by atoms with van der Waals surface area (Å²) in [4.78, 5) is 26.7. The molecule has 1 N–H and O–H groups in total. The van der Waals surface area contributed by atoms with Crippen LogP contribution >= 0.6 is 0 Å². The van der Waals surface area contributed by atoms with E-state index in [9.17, 15) is 9.59 Å². The van der Waals surface area contributed by atoms with Gasteiger partial charge in [0.1, 0.15) is 12.3 Å². The average molecular weight is 369 g/mol. The molecule has 0 bridgehead atoms. The first-order valence-corrected chi connectivity index (χ1v) is 8.61. The fourth-order valence-corrected chi connectivity index (χ4v) is 2.99. The highest BCUT2D eigenvalue weighted by molar-refractivity contribution is 5.75. The molecule has 27 heavy (non-hydrogen) atoms. The van der Waals surface area contributed by atoms with Crippen LogP contribution in [0.5, 0.6) is 5.75 Å². The van der Waals surface area contributed by atoms with E-state index < -0.39 is 0 Å². The molecule has 0 aliphatic carbocycles. The van der Waals surface area contributed by atoms with E-state index in [2.05, 4.69) is 10.4 Å². The second-order valence-electron chi connectivity index (χ2n) is 6.39. The number of amides is 1. The van der Waals surface area contributed by atoms with E-state index >= 15 is 0 Å². The maximum atomic E-state index is 12.4. The van der Waals surface area contributed by atoms with E-state index in [4.69, 9.17) is 4.74 Å². The number of fused-ring (bicyclic) bond motifs is 1. The summed E-state index contributed by atoms with van der Waals surface area (Å²) in [6.07, 6.45) is 1.63. The first kappa shape index (κ1) is 18.7. The van der Waals surface area contributed by atoms with Gasteiger partial charge >= 0.3 is 5.69 Å². The highest BCUT2D eigenvalue weighted by atomic mass is 16.5. The molecule has 0 aliphatic heterocycles. The molecule has 0 saturated heterocycles. The number of para-hydroxylation sites is 1. The van der Waals surface area contributed by atoms with Gasteiger partial charge in [-0.2, -0.15) is 0 Å². The van der Waals surface area contributed by atoms with Crippen molar-refractivity contribution in [1.82, 2.24) is 24.4 Å². The number of hydrogen-bond acceptors (Lipinski definition) is 5. The number of nitrogens with one attached hydrogen (secondary N) is 1. The zero-order valence-electron chi connectivity index (χ0n) is 15.6. The van der Waals surface area contributed by atoms with Gasteiger partial charge in [0.25, 0.3) is 0 Å². The largest absolute Gasteiger partial charge is 0.496 e. The monoisotopic (exact) mass is 369 g/mol. The molecule has 0 saturated carbocycles. The second-order valence-corrected chi connectivity index (χ2v) is 6.39. The molecular formula is C19H23N5O3. The van der Waals surface area contributed by atoms with E-state index in [0.29, 0.717) is 12.2 Å². The first-order valence-electron chi connectivity index (χ1n) is 8.61. The summed E-state index contributed by atoms with van der Waals surface area (Å²) in [5.41, 5.74) is 1.15. The maximum Gasteiger partial charge on any atom is 0.350 e. The third-order valence-corrected chi connectivity index (χ3v) is 4.40. The number of hydrogen-bond donors (Lipinski definition) is 1. The van der Waals surface area contributed by atoms with Crippen LogP contribution in [0.15, 0.2) is 53.5 Å². The summed E-state index contributed by atoms with van der Waals surface area (Å²) < 4.78 is 8.00. The molecule has 8 heteroatoms. The summed E-state index contributed by atoms with van der Waals surface area (Å²) in [6, 6.07) is 12.9. The van der Waals surface area contributed by atoms with Crippen molar-refractivity contribution in [3.63, 3.8) is 0 Å². The van der Waals surface area contributed by atoms with Crippen LogP contribution in [0, 0.1) is 0 Å². The van der Waals surface area contributed by atoms with Crippen molar-refractivity contribution in [2.45, 2.75) is 12.6 Å². The third kappa shape index (κ3) is 4.01. The van der Waals surface area contributed by atoms with Crippen molar-refractivity contribution in [3.05, 3.63) is 64.7 Å². The van der Waals surface area contributed by atoms with Gasteiger partial charge in [-0.25, -0.2) is 9.48 Å². The van der Waals surface area contributed by atoms with Gasteiger partial charge < -0.3 is 15.0 Å². The minimum atomic E-state index is -0.338. The number of nitrogens with zero attached hydrogens (tertiary/aromatic N) is 4. The lowest BCUT2D eigenvalue weighted by Crippen LogP contribution is -2.38. The highest BCUT2D eigenvalue weighted by Gasteiger charge is 2.19. The fraction of sp³-hybridized carbons (Fsp3) is 0.316. The van der Waals surface area contributed by atoms with Crippen LogP contribution in [0.2, 0.25) is 0 Å². The van der Waals surface area contributed by atoms with Crippen LogP contribution < -0.4 is 15.7 Å². The average Bonchev–Trinajstić information content (AvgIpc) is 2.98. The molecule has 2 aromatic heterocycles. The Labute approximate surface area is 157 Å². The fourth-order valence-electron chi connectivity index (χ4n) is 2.99. The maximum absolute atomic E-state index is 12.4. The Balaban J connectivity index is 1.71. The van der Waals surface area contributed by atoms with Gasteiger partial charge in [-0.05, 0) is 32.3 Å². The summed E-state index contributed by atoms with van der Waals surface area (Å²) in [5.74, 6) is 0.490. The van der Waals surface area contributed by atoms with Crippen LogP contribution in [-0.2, 0) is 11.3 Å². The molecule has 3 rings (SSSR count). The third-order valence-electron chi connectivity index (χ3n) is 4.40. The van der Waals surface area contributed by atoms with Gasteiger partial charge in [-0.3, -0.25) is 9.20 Å². The Bertz CT molecular complexity index is 992. The van der Waals surface area contributed by atoms with Crippen LogP contribution in [0.1, 0.15) is 11.6 Å². The number of carbonyl (C=O) groups excluding carboxylic acids is 1. The smallest absolute Gasteiger partial charge is 0.350 e. The predicted molar refractivity (Wildman–Crippen MR) is 102 cm³/mol. The number of aromatic nitrogens is 3. The number of methoxy groups -OCH3 is 1. The molecule has 142 valence electrons. The van der Waals surface area contributed by atoms with E-state index in [1.165, 1.54) is 9.08 Å². The van der Waals surface area contributed by atoms with E-state index in [1.54, 1.807) is 31.5 Å². The van der Waals surface area contributed by atoms with Crippen molar-refractivity contribution in [3.8, 4) is 5.75 Å². The Morgan fingerprint density at radius 3 is 2.67 bits per heavy atom. The number of carbonyl (C=O) groups is 1. The van der Waals surface area contributed by atoms with Gasteiger partial charge in [-0.1, -0.05) is 24.3 Å². The Kier molecular flexibility index (Phi) is 5.56. The SMILES string of the molecule is COc1ccccc1[C@H](CNC(=O)Cn1nc2ccccn2c1=O)N(C)C. The second kappa shape index (κ2) is 8.05. The normalized spacial score (nSPS) is 12.3. The Morgan fingerprint density at radius 1 is 1.22 bits per heavy atom. The van der Waals surface area contributed by atoms with Crippen molar-refractivity contribution < 1.29 is 9.53 Å². The zero-order chi connectivity index (χ0) is 19.4. The minimum absolute atomic E-state index is 0.0668. The van der Waals surface area contributed by atoms with E-state index in [-0.39, 0.29) is 24.2 Å². The van der Waals surface area contributed by atoms with Crippen molar-refractivity contribution in [2.75, 3.05) is 27.7 Å². The van der Waals surface area contributed by atoms with Crippen LogP contribution in [0.25, 0.3) is 5.65 Å². The van der Waals surface area contributed by atoms with Gasteiger partial charge in [0.05, 0.1) is 13.2 Å². The number of benzene rings is 1. The highest BCUT2D eigenvalue weighted by Crippen LogP contribution is 2.27. The Morgan fingerprint density at radius 2 is 1.96 bits per heavy atom. The number of pyridine rings is 1. The molecule has 0 fully saturated rings. The topological polar surface area (TPSA) is 80.9 Å². The van der Waals surface area contributed by atoms with E-state index in [1.807, 2.05) is 43.3 Å². The summed E-state index contributed by atoms with van der Waals surface area (Å²) in [6.45, 7) is 0.251. The molecule has 0 radical (unpaired) electrons. The molecule has 1 atom stereocenters. The molecule has 0 aliphatic rings. The molecule has 8 nitrogen and oxygen atoms in total. The van der Waals surface area contributed by atoms with Crippen molar-refractivity contribution in [2.24, 2.45) is 0 Å². The number of ether oxygens (including phenoxy) is 1. The molecule has 1 aromatic carbocycles. The van der Waals surface area contributed by atoms with Crippen molar-refractivity contribution >= 4 is 11.6 Å². The van der Waals surface area contributed by atoms with E-state index in [0.717, 1.165) is 11.3 Å². The lowest BCUT2D eigenvalue weighted by molar-refractivity contribution is -0.122. The van der Waals surface area contributed by atoms with Gasteiger partial charge in [0, 0.05) is 18.3 Å². The van der Waals surface area contributed by atoms with Crippen LogP contribution in [-0.4, -0.2) is 52.7 Å². The summed E-state index contributed by atoms with van der Waals surface area (Å²) in [5, 5.41) is 7.06. The van der Waals surface area contributed by atoms with Crippen LogP contribution in [0.4, 0.5) is 0 Å². The standard InChI is InChI=1S/C19H23N5O3/c1-22(2)15(14-8-4-5-9-16(14)27-3)12-20-18(25)13-24-19(26)23-11-7-6-10-17(23)21-24/h4-11,15H,12-13H2,1-3H3,(H,20,25)/t15-/m0/s1. The lowest BCUT2D eigenvalue weighted by Gasteiger charge is -2.26. The molecular weight excluding hydrogens is 346 g/mol. The molecule has 1 amide bonds. The first-order chi connectivity index (χ1) is 13.0. The summed E-state index contributed by atoms with van der Waals surface area (Å²) in [7, 11) is 5.51. The predicted octanol–water partition coefficient (Wildman–Crippen LogP) is 0.924. The van der Waals surface area contributed by atoms with Gasteiger partial charge in [0.2, 0.25) is 5.91 Å².